The number of nitrogens with zero attached hydrogens (tertiary/aromatic N) is 2. The first-order valence-corrected chi connectivity index (χ1v) is 11.9. The Labute approximate surface area is 190 Å². The number of hydrogen-bond acceptors (Lipinski definition) is 8. The predicted molar refractivity (Wildman–Crippen MR) is 118 cm³/mol. The van der Waals surface area contributed by atoms with Gasteiger partial charge in [0.15, 0.2) is 0 Å². The highest BCUT2D eigenvalue weighted by molar-refractivity contribution is 5.87. The zero-order valence-electron chi connectivity index (χ0n) is 19.1. The summed E-state index contributed by atoms with van der Waals surface area (Å²) >= 11 is 0. The highest BCUT2D eigenvalue weighted by Crippen LogP contribution is 2.10. The van der Waals surface area contributed by atoms with E-state index >= 15 is 0 Å². The van der Waals surface area contributed by atoms with Crippen LogP contribution >= 0.6 is 0 Å². The highest BCUT2D eigenvalue weighted by Gasteiger charge is 2.18. The van der Waals surface area contributed by atoms with Crippen LogP contribution in [0.2, 0.25) is 0 Å². The number of carbonyl (C=O) groups excluding carboxylic acids is 6. The summed E-state index contributed by atoms with van der Waals surface area (Å²) < 4.78 is 0. The first-order chi connectivity index (χ1) is 15.3. The van der Waals surface area contributed by atoms with E-state index in [0.29, 0.717) is 39.3 Å². The summed E-state index contributed by atoms with van der Waals surface area (Å²) in [4.78, 5) is 77.5. The van der Waals surface area contributed by atoms with Crippen molar-refractivity contribution in [2.75, 3.05) is 39.3 Å². The molecule has 3 heterocycles. The van der Waals surface area contributed by atoms with Crippen LogP contribution in [0, 0.1) is 0 Å². The van der Waals surface area contributed by atoms with E-state index in [4.69, 9.17) is 0 Å². The Hall–Kier alpha value is -2.06. The molecule has 0 N–H and O–H groups in total. The molecule has 8 heteroatoms. The predicted octanol–water partition coefficient (Wildman–Crippen LogP) is 1.71. The van der Waals surface area contributed by atoms with Crippen molar-refractivity contribution in [1.29, 1.82) is 0 Å². The highest BCUT2D eigenvalue weighted by atomic mass is 16.1. The van der Waals surface area contributed by atoms with Crippen LogP contribution in [0.4, 0.5) is 0 Å². The van der Waals surface area contributed by atoms with Gasteiger partial charge in [0.2, 0.25) is 0 Å². The van der Waals surface area contributed by atoms with Gasteiger partial charge in [-0.25, -0.2) is 0 Å². The average molecular weight is 449 g/mol. The Morgan fingerprint density at radius 2 is 0.438 bits per heavy atom. The lowest BCUT2D eigenvalue weighted by Crippen LogP contribution is -2.33. The van der Waals surface area contributed by atoms with Crippen molar-refractivity contribution in [3.8, 4) is 0 Å². The molecule has 0 aliphatic carbocycles. The smallest absolute Gasteiger partial charge is 0.134 e. The van der Waals surface area contributed by atoms with Gasteiger partial charge in [0.1, 0.15) is 34.7 Å². The molecule has 178 valence electrons. The lowest BCUT2D eigenvalue weighted by Gasteiger charge is -2.23. The van der Waals surface area contributed by atoms with Gasteiger partial charge in [-0.15, -0.1) is 0 Å². The lowest BCUT2D eigenvalue weighted by molar-refractivity contribution is -0.126. The Morgan fingerprint density at radius 3 is 0.594 bits per heavy atom. The third kappa shape index (κ3) is 11.0. The number of fused-ring (bicyclic) bond motifs is 21. The number of rotatable bonds is 0. The number of carbonyl (C=O) groups is 6. The van der Waals surface area contributed by atoms with Crippen LogP contribution in [0.15, 0.2) is 0 Å². The second-order valence-electron chi connectivity index (χ2n) is 8.92. The van der Waals surface area contributed by atoms with Gasteiger partial charge in [-0.2, -0.15) is 0 Å². The van der Waals surface area contributed by atoms with Gasteiger partial charge in [0.25, 0.3) is 0 Å². The number of hydrogen-bond donors (Lipinski definition) is 0. The second kappa shape index (κ2) is 14.2. The monoisotopic (exact) mass is 448 g/mol. The van der Waals surface area contributed by atoms with Gasteiger partial charge in [-0.05, 0) is 0 Å². The van der Waals surface area contributed by atoms with Crippen molar-refractivity contribution in [1.82, 2.24) is 9.80 Å². The van der Waals surface area contributed by atoms with E-state index in [1.165, 1.54) is 0 Å². The van der Waals surface area contributed by atoms with Crippen LogP contribution in [0.1, 0.15) is 77.0 Å². The molecule has 3 saturated heterocycles. The summed E-state index contributed by atoms with van der Waals surface area (Å²) in [5.74, 6) is 0.0627. The summed E-state index contributed by atoms with van der Waals surface area (Å²) in [5, 5.41) is 0. The molecule has 3 aliphatic rings. The summed E-state index contributed by atoms with van der Waals surface area (Å²) in [6.45, 7) is 2.58. The number of ketones is 6. The fourth-order valence-electron chi connectivity index (χ4n) is 3.95. The van der Waals surface area contributed by atoms with Gasteiger partial charge in [-0.3, -0.25) is 28.8 Å². The van der Waals surface area contributed by atoms with Crippen LogP contribution in [0.3, 0.4) is 0 Å². The molecule has 0 aromatic rings. The van der Waals surface area contributed by atoms with Gasteiger partial charge < -0.3 is 9.80 Å². The van der Waals surface area contributed by atoms with E-state index in [1.807, 2.05) is 9.80 Å². The lowest BCUT2D eigenvalue weighted by atomic mass is 10.0. The second-order valence-corrected chi connectivity index (χ2v) is 8.92. The third-order valence-electron chi connectivity index (χ3n) is 6.29. The molecule has 0 spiro atoms. The van der Waals surface area contributed by atoms with Gasteiger partial charge in [0, 0.05) is 116 Å². The average Bonchev–Trinajstić information content (AvgIpc) is 2.77. The van der Waals surface area contributed by atoms with E-state index < -0.39 is 0 Å². The quantitative estimate of drug-likeness (QED) is 0.551. The summed E-state index contributed by atoms with van der Waals surface area (Å²) in [6.07, 6.45) is 2.83. The van der Waals surface area contributed by atoms with E-state index in [0.717, 1.165) is 0 Å². The molecule has 0 radical (unpaired) electrons. The minimum atomic E-state index is 0.0104. The largest absolute Gasteiger partial charge is 0.302 e. The van der Waals surface area contributed by atoms with Gasteiger partial charge in [-0.1, -0.05) is 0 Å². The van der Waals surface area contributed by atoms with Crippen LogP contribution < -0.4 is 0 Å². The number of Topliss-reactive ketones (excluding diaryl/α,β-unsaturated/α-hetero) is 6. The van der Waals surface area contributed by atoms with Crippen molar-refractivity contribution in [3.63, 3.8) is 0 Å². The maximum absolute atomic E-state index is 12.3. The molecule has 0 aromatic heterocycles. The molecular weight excluding hydrogens is 412 g/mol. The minimum Gasteiger partial charge on any atom is -0.302 e. The standard InChI is InChI=1S/C24H36N2O6/c27-19-1-2-20(28)8-14-26-17-11-23(31)5-3-21(29)9-15-25(13-7-19)16-10-22(30)4-6-24(32)12-18-26/h1-18H2. The van der Waals surface area contributed by atoms with Crippen LogP contribution in [-0.2, 0) is 28.8 Å². The maximum Gasteiger partial charge on any atom is 0.134 e. The molecule has 3 fully saturated rings. The minimum absolute atomic E-state index is 0.0104. The molecule has 0 atom stereocenters. The molecular formula is C24H36N2O6. The fraction of sp³-hybridized carbons (Fsp3) is 0.750. The molecule has 32 heavy (non-hydrogen) atoms. The Morgan fingerprint density at radius 1 is 0.281 bits per heavy atom. The summed E-state index contributed by atoms with van der Waals surface area (Å²) in [7, 11) is 0. The molecule has 2 bridgehead atoms. The topological polar surface area (TPSA) is 109 Å². The van der Waals surface area contributed by atoms with Crippen molar-refractivity contribution >= 4 is 34.7 Å². The van der Waals surface area contributed by atoms with Crippen LogP contribution in [-0.4, -0.2) is 83.8 Å². The Bertz CT molecular complexity index is 562. The van der Waals surface area contributed by atoms with Crippen molar-refractivity contribution in [2.24, 2.45) is 0 Å². The first-order valence-electron chi connectivity index (χ1n) is 11.9. The zero-order chi connectivity index (χ0) is 23.3. The van der Waals surface area contributed by atoms with E-state index in [1.54, 1.807) is 0 Å². The molecule has 3 aliphatic heterocycles. The molecule has 0 saturated carbocycles. The van der Waals surface area contributed by atoms with Crippen molar-refractivity contribution < 1.29 is 28.8 Å². The maximum atomic E-state index is 12.3. The summed E-state index contributed by atoms with van der Waals surface area (Å²) in [5.41, 5.74) is 0. The van der Waals surface area contributed by atoms with Gasteiger partial charge >= 0.3 is 0 Å². The van der Waals surface area contributed by atoms with Crippen molar-refractivity contribution in [2.45, 2.75) is 77.0 Å². The molecule has 0 amide bonds. The van der Waals surface area contributed by atoms with Crippen molar-refractivity contribution in [3.05, 3.63) is 0 Å². The third-order valence-corrected chi connectivity index (χ3v) is 6.29. The Balaban J connectivity index is 2.18. The molecule has 3 rings (SSSR count). The molecule has 0 unspecified atom stereocenters. The van der Waals surface area contributed by atoms with Crippen LogP contribution in [0.5, 0.6) is 0 Å². The van der Waals surface area contributed by atoms with E-state index in [-0.39, 0.29) is 112 Å². The normalized spacial score (nSPS) is 27.4. The SMILES string of the molecule is O=C1CCC(=O)CCN2CCC(=O)CCC(=O)CCN(CC1)CCC(=O)CCC(=O)CC2. The Kier molecular flexibility index (Phi) is 11.6. The first kappa shape index (κ1) is 26.2. The van der Waals surface area contributed by atoms with E-state index in [9.17, 15) is 28.8 Å². The van der Waals surface area contributed by atoms with Crippen LogP contribution in [0.25, 0.3) is 0 Å². The molecule has 0 aromatic carbocycles. The van der Waals surface area contributed by atoms with Gasteiger partial charge in [0.05, 0.1) is 0 Å². The zero-order valence-corrected chi connectivity index (χ0v) is 19.1. The van der Waals surface area contributed by atoms with E-state index in [2.05, 4.69) is 0 Å². The molecule has 8 nitrogen and oxygen atoms in total. The summed E-state index contributed by atoms with van der Waals surface area (Å²) in [6, 6.07) is 0. The fourth-order valence-corrected chi connectivity index (χ4v) is 3.95.